The number of carbonyl (C=O) groups excluding carboxylic acids is 1. The number of benzene rings is 3. The molecule has 5 aromatic rings. The number of fused-ring (bicyclic) bond motifs is 1. The molecule has 0 bridgehead atoms. The molecule has 16 heteroatoms. The predicted molar refractivity (Wildman–Crippen MR) is 278 cm³/mol. The van der Waals surface area contributed by atoms with E-state index < -0.39 is 0 Å². The molecule has 69 heavy (non-hydrogen) atoms. The second kappa shape index (κ2) is 21.5. The van der Waals surface area contributed by atoms with Crippen LogP contribution in [0.5, 0.6) is 11.5 Å². The van der Waals surface area contributed by atoms with E-state index in [0.717, 1.165) is 131 Å². The number of rotatable bonds is 17. The normalized spacial score (nSPS) is 19.9. The van der Waals surface area contributed by atoms with E-state index in [1.54, 1.807) is 18.3 Å². The number of H-pyrrole nitrogens is 1. The molecule has 9 rings (SSSR count). The van der Waals surface area contributed by atoms with Gasteiger partial charge in [0.05, 0.1) is 35.9 Å². The molecule has 3 aromatic carbocycles. The van der Waals surface area contributed by atoms with Gasteiger partial charge in [0.2, 0.25) is 0 Å². The number of nitro benzene ring substituents is 1. The van der Waals surface area contributed by atoms with Crippen LogP contribution < -0.4 is 19.7 Å². The molecule has 1 amide bonds. The van der Waals surface area contributed by atoms with E-state index in [9.17, 15) is 14.9 Å². The van der Waals surface area contributed by atoms with Crippen molar-refractivity contribution < 1.29 is 19.2 Å². The molecule has 366 valence electrons. The van der Waals surface area contributed by atoms with Crippen LogP contribution in [-0.2, 0) is 11.2 Å². The van der Waals surface area contributed by atoms with Gasteiger partial charge in [0.15, 0.2) is 0 Å². The second-order valence-corrected chi connectivity index (χ2v) is 21.4. The third kappa shape index (κ3) is 11.7. The molecule has 0 spiro atoms. The van der Waals surface area contributed by atoms with Crippen LogP contribution >= 0.6 is 23.5 Å². The van der Waals surface area contributed by atoms with Crippen molar-refractivity contribution in [1.82, 2.24) is 29.4 Å². The minimum Gasteiger partial charge on any atom is -0.455 e. The quantitative estimate of drug-likeness (QED) is 0.0463. The second-order valence-electron chi connectivity index (χ2n) is 20.1. The maximum absolute atomic E-state index is 14.2. The number of ether oxygens (including phenoxy) is 2. The Kier molecular flexibility index (Phi) is 15.2. The number of amides is 1. The van der Waals surface area contributed by atoms with E-state index in [2.05, 4.69) is 79.4 Å². The fourth-order valence-electron chi connectivity index (χ4n) is 10.3. The minimum absolute atomic E-state index is 0.00886. The number of hydrogen-bond acceptors (Lipinski definition) is 12. The van der Waals surface area contributed by atoms with Crippen molar-refractivity contribution >= 4 is 63.1 Å². The summed E-state index contributed by atoms with van der Waals surface area (Å²) in [5.74, 6) is 0.517. The number of nitro groups is 1. The molecule has 3 fully saturated rings. The van der Waals surface area contributed by atoms with Crippen LogP contribution in [0.15, 0.2) is 89.6 Å². The van der Waals surface area contributed by atoms with Gasteiger partial charge in [-0.1, -0.05) is 50.1 Å². The zero-order chi connectivity index (χ0) is 48.2. The van der Waals surface area contributed by atoms with E-state index in [4.69, 9.17) is 21.1 Å². The highest BCUT2D eigenvalue weighted by Crippen LogP contribution is 2.44. The molecule has 2 aromatic heterocycles. The number of nitrogens with one attached hydrogen (secondary N) is 3. The number of pyridine rings is 1. The zero-order valence-corrected chi connectivity index (χ0v) is 42.1. The van der Waals surface area contributed by atoms with Crippen LogP contribution in [-0.4, -0.2) is 126 Å². The molecule has 4 aliphatic rings. The molecule has 2 atom stereocenters. The number of carbonyl (C=O) groups is 1. The number of aryl methyl sites for hydroxylation is 1. The average Bonchev–Trinajstić information content (AvgIpc) is 3.79. The van der Waals surface area contributed by atoms with Gasteiger partial charge in [-0.2, -0.15) is 0 Å². The highest BCUT2D eigenvalue weighted by atomic mass is 35.5. The molecule has 0 saturated carbocycles. The highest BCUT2D eigenvalue weighted by molar-refractivity contribution is 7.98. The Morgan fingerprint density at radius 3 is 2.55 bits per heavy atom. The van der Waals surface area contributed by atoms with Crippen LogP contribution in [0, 0.1) is 15.5 Å². The Morgan fingerprint density at radius 2 is 1.83 bits per heavy atom. The van der Waals surface area contributed by atoms with E-state index in [1.165, 1.54) is 23.1 Å². The standard InChI is InChI=1S/C53H66ClN9O5S/c1-6-37-26-45(28-48(63(65)66)50(37)57-35(2)15-18-59-21-24-62(36(3)31-59)43-33-67-34-43)69-58-52(64)46-12-11-42(27-49(46)68-44-25-39-14-17-55-51(39)56-30-44)61-22-19-60(20-23-61)32-40-13-16-53(4,5)29-47(40)38-7-9-41(54)10-8-38/h7-12,14,17,25-28,30,35-36,43,57H,6,13,15-16,18-24,29,31-34H2,1-5H3,(H,55,56)(H,58,64)/t35-,36+/m0/s1. The van der Waals surface area contributed by atoms with Crippen LogP contribution in [0.1, 0.15) is 81.8 Å². The van der Waals surface area contributed by atoms with Gasteiger partial charge >= 0.3 is 0 Å². The summed E-state index contributed by atoms with van der Waals surface area (Å²) in [6, 6.07) is 22.4. The summed E-state index contributed by atoms with van der Waals surface area (Å²) in [4.78, 5) is 44.6. The third-order valence-electron chi connectivity index (χ3n) is 14.5. The third-order valence-corrected chi connectivity index (χ3v) is 15.5. The summed E-state index contributed by atoms with van der Waals surface area (Å²) < 4.78 is 14.9. The fraction of sp³-hybridized carbons (Fsp3) is 0.472. The number of aromatic nitrogens is 2. The fourth-order valence-corrected chi connectivity index (χ4v) is 11.2. The number of nitrogens with zero attached hydrogens (tertiary/aromatic N) is 6. The minimum atomic E-state index is -0.379. The Labute approximate surface area is 415 Å². The SMILES string of the molecule is CCc1cc(SNC(=O)c2ccc(N3CCN(CC4=C(c5ccc(Cl)cc5)CC(C)(C)CC4)CC3)cc2Oc2cnc3[nH]ccc3c2)cc([N+](=O)[O-])c1N[C@@H](C)CCN1CCN(C2COC2)[C@H](C)C1. The van der Waals surface area contributed by atoms with E-state index >= 15 is 0 Å². The van der Waals surface area contributed by atoms with Crippen LogP contribution in [0.2, 0.25) is 5.02 Å². The van der Waals surface area contributed by atoms with Gasteiger partial charge in [0.1, 0.15) is 22.8 Å². The first-order valence-electron chi connectivity index (χ1n) is 24.6. The summed E-state index contributed by atoms with van der Waals surface area (Å²) in [5, 5.41) is 17.7. The summed E-state index contributed by atoms with van der Waals surface area (Å²) in [5.41, 5.74) is 7.88. The molecule has 0 unspecified atom stereocenters. The van der Waals surface area contributed by atoms with Gasteiger partial charge in [-0.3, -0.25) is 29.4 Å². The molecule has 5 heterocycles. The lowest BCUT2D eigenvalue weighted by molar-refractivity contribution is -0.384. The van der Waals surface area contributed by atoms with Gasteiger partial charge in [-0.25, -0.2) is 4.98 Å². The van der Waals surface area contributed by atoms with Crippen molar-refractivity contribution in [3.8, 4) is 11.5 Å². The van der Waals surface area contributed by atoms with Gasteiger partial charge in [0.25, 0.3) is 11.6 Å². The Balaban J connectivity index is 0.871. The number of aromatic amines is 1. The lowest BCUT2D eigenvalue weighted by Gasteiger charge is -2.46. The van der Waals surface area contributed by atoms with E-state index in [0.29, 0.717) is 46.1 Å². The van der Waals surface area contributed by atoms with Crippen molar-refractivity contribution in [2.24, 2.45) is 5.41 Å². The largest absolute Gasteiger partial charge is 0.455 e. The number of allylic oxidation sites excluding steroid dienone is 1. The summed E-state index contributed by atoms with van der Waals surface area (Å²) in [6.45, 7) is 21.1. The van der Waals surface area contributed by atoms with Crippen molar-refractivity contribution in [1.29, 1.82) is 0 Å². The van der Waals surface area contributed by atoms with Crippen molar-refractivity contribution in [2.75, 3.05) is 82.3 Å². The predicted octanol–water partition coefficient (Wildman–Crippen LogP) is 10.3. The van der Waals surface area contributed by atoms with Crippen LogP contribution in [0.25, 0.3) is 16.6 Å². The van der Waals surface area contributed by atoms with Gasteiger partial charge in [-0.15, -0.1) is 0 Å². The highest BCUT2D eigenvalue weighted by Gasteiger charge is 2.34. The molecule has 3 saturated heterocycles. The Morgan fingerprint density at radius 1 is 1.04 bits per heavy atom. The molecule has 3 aliphatic heterocycles. The van der Waals surface area contributed by atoms with E-state index in [-0.39, 0.29) is 28.0 Å². The first-order valence-corrected chi connectivity index (χ1v) is 25.8. The molecular formula is C53H66ClN9O5S. The van der Waals surface area contributed by atoms with Gasteiger partial charge in [-0.05, 0) is 122 Å². The smallest absolute Gasteiger partial charge is 0.293 e. The van der Waals surface area contributed by atoms with Gasteiger partial charge < -0.3 is 29.6 Å². The van der Waals surface area contributed by atoms with Crippen molar-refractivity contribution in [3.63, 3.8) is 0 Å². The Hall–Kier alpha value is -5.16. The first-order chi connectivity index (χ1) is 33.3. The molecule has 0 radical (unpaired) electrons. The number of anilines is 2. The van der Waals surface area contributed by atoms with Crippen LogP contribution in [0.4, 0.5) is 17.1 Å². The summed E-state index contributed by atoms with van der Waals surface area (Å²) in [7, 11) is 0. The van der Waals surface area contributed by atoms with Gasteiger partial charge in [0, 0.05) is 110 Å². The maximum Gasteiger partial charge on any atom is 0.293 e. The lowest BCUT2D eigenvalue weighted by Crippen LogP contribution is -2.60. The average molecular weight is 977 g/mol. The number of hydrogen-bond donors (Lipinski definition) is 3. The maximum atomic E-state index is 14.2. The Bertz CT molecular complexity index is 2660. The monoisotopic (exact) mass is 975 g/mol. The first kappa shape index (κ1) is 48.8. The topological polar surface area (TPSA) is 144 Å². The molecular weight excluding hydrogens is 910 g/mol. The van der Waals surface area contributed by atoms with Crippen LogP contribution in [0.3, 0.4) is 0 Å². The molecule has 3 N–H and O–H groups in total. The lowest BCUT2D eigenvalue weighted by atomic mass is 9.72. The van der Waals surface area contributed by atoms with Crippen molar-refractivity contribution in [2.45, 2.75) is 89.7 Å². The molecule has 14 nitrogen and oxygen atoms in total. The number of halogens is 1. The number of piperazine rings is 2. The summed E-state index contributed by atoms with van der Waals surface area (Å²) >= 11 is 7.34. The zero-order valence-electron chi connectivity index (χ0n) is 40.6. The summed E-state index contributed by atoms with van der Waals surface area (Å²) in [6.07, 6.45) is 8.22. The molecule has 1 aliphatic carbocycles. The van der Waals surface area contributed by atoms with E-state index in [1.807, 2.05) is 55.6 Å². The van der Waals surface area contributed by atoms with Crippen molar-refractivity contribution in [3.05, 3.63) is 117 Å².